The molecule has 0 saturated carbocycles. The Labute approximate surface area is 154 Å². The third kappa shape index (κ3) is 4.55. The van der Waals surface area contributed by atoms with Crippen molar-refractivity contribution in [3.63, 3.8) is 0 Å². The molecule has 2 heterocycles. The molecule has 0 atom stereocenters. The van der Waals surface area contributed by atoms with Crippen LogP contribution in [0.25, 0.3) is 0 Å². The number of nitrogens with zero attached hydrogens (tertiary/aromatic N) is 3. The van der Waals surface area contributed by atoms with E-state index in [1.165, 1.54) is 11.4 Å². The summed E-state index contributed by atoms with van der Waals surface area (Å²) in [5, 5.41) is 3.54. The largest absolute Gasteiger partial charge is 0.348 e. The highest BCUT2D eigenvalue weighted by Crippen LogP contribution is 2.16. The van der Waals surface area contributed by atoms with Gasteiger partial charge in [0.15, 0.2) is 0 Å². The summed E-state index contributed by atoms with van der Waals surface area (Å²) in [6, 6.07) is 11.5. The number of amides is 2. The minimum atomic E-state index is -0.0565. The Hall–Kier alpha value is -1.98. The fraction of sp³-hybridized carbons (Fsp3) is 0.421. The molecule has 1 N–H and O–H groups in total. The van der Waals surface area contributed by atoms with E-state index >= 15 is 0 Å². The van der Waals surface area contributed by atoms with Crippen LogP contribution < -0.4 is 5.32 Å². The Morgan fingerprint density at radius 3 is 2.36 bits per heavy atom. The summed E-state index contributed by atoms with van der Waals surface area (Å²) in [7, 11) is 0. The lowest BCUT2D eigenvalue weighted by atomic mass is 10.3. The molecule has 6 heteroatoms. The highest BCUT2D eigenvalue weighted by Gasteiger charge is 2.21. The molecule has 0 unspecified atom stereocenters. The molecule has 0 spiro atoms. The number of rotatable bonds is 4. The first-order valence-corrected chi connectivity index (χ1v) is 9.07. The van der Waals surface area contributed by atoms with E-state index in [0.717, 1.165) is 45.0 Å². The molecule has 2 aromatic rings. The summed E-state index contributed by atoms with van der Waals surface area (Å²) in [6.45, 7) is 9.60. The molecule has 5 nitrogen and oxygen atoms in total. The zero-order valence-electron chi connectivity index (χ0n) is 14.8. The zero-order valence-corrected chi connectivity index (χ0v) is 15.6. The van der Waals surface area contributed by atoms with Gasteiger partial charge < -0.3 is 14.8 Å². The summed E-state index contributed by atoms with van der Waals surface area (Å²) in [4.78, 5) is 16.7. The lowest BCUT2D eigenvalue weighted by Crippen LogP contribution is -2.50. The Balaban J connectivity index is 1.46. The number of urea groups is 1. The molecular weight excluding hydrogens is 336 g/mol. The van der Waals surface area contributed by atoms with Gasteiger partial charge in [0.05, 0.1) is 0 Å². The maximum atomic E-state index is 12.4. The van der Waals surface area contributed by atoms with Crippen LogP contribution in [0.15, 0.2) is 36.4 Å². The highest BCUT2D eigenvalue weighted by molar-refractivity contribution is 6.30. The van der Waals surface area contributed by atoms with Crippen molar-refractivity contribution in [3.8, 4) is 0 Å². The molecule has 1 fully saturated rings. The Bertz CT molecular complexity index is 715. The fourth-order valence-electron chi connectivity index (χ4n) is 3.24. The average Bonchev–Trinajstić information content (AvgIpc) is 2.92. The standard InChI is InChI=1S/C19H25ClN4O/c1-15-6-7-16(2)24(15)13-10-22-8-11-23(12-9-22)19(25)21-18-5-3-4-17(20)14-18/h3-7,14H,8-13H2,1-2H3,(H,21,25). The predicted octanol–water partition coefficient (Wildman–Crippen LogP) is 3.61. The van der Waals surface area contributed by atoms with Crippen molar-refractivity contribution in [2.24, 2.45) is 0 Å². The Morgan fingerprint density at radius 2 is 1.72 bits per heavy atom. The minimum absolute atomic E-state index is 0.0565. The van der Waals surface area contributed by atoms with Gasteiger partial charge in [-0.05, 0) is 44.2 Å². The monoisotopic (exact) mass is 360 g/mol. The molecule has 0 aliphatic carbocycles. The maximum absolute atomic E-state index is 12.4. The number of aryl methyl sites for hydroxylation is 2. The molecule has 25 heavy (non-hydrogen) atoms. The number of piperazine rings is 1. The van der Waals surface area contributed by atoms with Crippen LogP contribution in [0.4, 0.5) is 10.5 Å². The molecule has 2 amide bonds. The SMILES string of the molecule is Cc1ccc(C)n1CCN1CCN(C(=O)Nc2cccc(Cl)c2)CC1. The number of aromatic nitrogens is 1. The van der Waals surface area contributed by atoms with E-state index in [1.807, 2.05) is 17.0 Å². The molecule has 1 aromatic heterocycles. The van der Waals surface area contributed by atoms with Crippen molar-refractivity contribution in [3.05, 3.63) is 52.8 Å². The van der Waals surface area contributed by atoms with Crippen molar-refractivity contribution < 1.29 is 4.79 Å². The molecule has 1 aliphatic heterocycles. The average molecular weight is 361 g/mol. The van der Waals surface area contributed by atoms with Crippen LogP contribution in [0.2, 0.25) is 5.02 Å². The normalized spacial score (nSPS) is 15.4. The maximum Gasteiger partial charge on any atom is 0.321 e. The topological polar surface area (TPSA) is 40.5 Å². The van der Waals surface area contributed by atoms with E-state index < -0.39 is 0 Å². The quantitative estimate of drug-likeness (QED) is 0.904. The first kappa shape index (κ1) is 17.8. The Kier molecular flexibility index (Phi) is 5.66. The first-order valence-electron chi connectivity index (χ1n) is 8.69. The summed E-state index contributed by atoms with van der Waals surface area (Å²) in [5.41, 5.74) is 3.34. The number of anilines is 1. The van der Waals surface area contributed by atoms with Gasteiger partial charge >= 0.3 is 6.03 Å². The van der Waals surface area contributed by atoms with Crippen molar-refractivity contribution in [1.29, 1.82) is 0 Å². The van der Waals surface area contributed by atoms with E-state index in [0.29, 0.717) is 5.02 Å². The van der Waals surface area contributed by atoms with E-state index in [1.54, 1.807) is 12.1 Å². The molecule has 134 valence electrons. The second kappa shape index (κ2) is 7.93. The van der Waals surface area contributed by atoms with E-state index in [9.17, 15) is 4.79 Å². The molecule has 3 rings (SSSR count). The number of hydrogen-bond donors (Lipinski definition) is 1. The van der Waals surface area contributed by atoms with Crippen LogP contribution in [-0.4, -0.2) is 53.1 Å². The van der Waals surface area contributed by atoms with Gasteiger partial charge in [-0.3, -0.25) is 4.90 Å². The molecular formula is C19H25ClN4O. The highest BCUT2D eigenvalue weighted by atomic mass is 35.5. The fourth-order valence-corrected chi connectivity index (χ4v) is 3.43. The summed E-state index contributed by atoms with van der Waals surface area (Å²) < 4.78 is 2.35. The lowest BCUT2D eigenvalue weighted by Gasteiger charge is -2.34. The first-order chi connectivity index (χ1) is 12.0. The smallest absolute Gasteiger partial charge is 0.321 e. The number of carbonyl (C=O) groups is 1. The molecule has 1 aliphatic rings. The van der Waals surface area contributed by atoms with Crippen LogP contribution in [0.5, 0.6) is 0 Å². The van der Waals surface area contributed by atoms with E-state index in [4.69, 9.17) is 11.6 Å². The van der Waals surface area contributed by atoms with Crippen LogP contribution >= 0.6 is 11.6 Å². The second-order valence-corrected chi connectivity index (χ2v) is 6.97. The molecule has 1 saturated heterocycles. The minimum Gasteiger partial charge on any atom is -0.348 e. The van der Waals surface area contributed by atoms with E-state index in [2.05, 4.69) is 40.8 Å². The number of halogens is 1. The van der Waals surface area contributed by atoms with Crippen LogP contribution in [-0.2, 0) is 6.54 Å². The summed E-state index contributed by atoms with van der Waals surface area (Å²) in [6.07, 6.45) is 0. The second-order valence-electron chi connectivity index (χ2n) is 6.54. The number of nitrogens with one attached hydrogen (secondary N) is 1. The molecule has 0 bridgehead atoms. The summed E-state index contributed by atoms with van der Waals surface area (Å²) in [5.74, 6) is 0. The molecule has 1 aromatic carbocycles. The van der Waals surface area contributed by atoms with Gasteiger partial charge in [0, 0.05) is 61.4 Å². The predicted molar refractivity (Wildman–Crippen MR) is 102 cm³/mol. The van der Waals surface area contributed by atoms with Gasteiger partial charge in [-0.15, -0.1) is 0 Å². The van der Waals surface area contributed by atoms with Gasteiger partial charge in [-0.25, -0.2) is 4.79 Å². The molecule has 0 radical (unpaired) electrons. The number of benzene rings is 1. The van der Waals surface area contributed by atoms with Gasteiger partial charge in [0.2, 0.25) is 0 Å². The van der Waals surface area contributed by atoms with Crippen molar-refractivity contribution >= 4 is 23.3 Å². The third-order valence-electron chi connectivity index (χ3n) is 4.79. The van der Waals surface area contributed by atoms with Crippen molar-refractivity contribution in [2.45, 2.75) is 20.4 Å². The van der Waals surface area contributed by atoms with Crippen LogP contribution in [0.3, 0.4) is 0 Å². The van der Waals surface area contributed by atoms with Gasteiger partial charge in [0.25, 0.3) is 0 Å². The van der Waals surface area contributed by atoms with Crippen LogP contribution in [0, 0.1) is 13.8 Å². The zero-order chi connectivity index (χ0) is 17.8. The van der Waals surface area contributed by atoms with Crippen molar-refractivity contribution in [1.82, 2.24) is 14.4 Å². The number of hydrogen-bond acceptors (Lipinski definition) is 2. The lowest BCUT2D eigenvalue weighted by molar-refractivity contribution is 0.144. The van der Waals surface area contributed by atoms with Gasteiger partial charge in [-0.1, -0.05) is 17.7 Å². The van der Waals surface area contributed by atoms with E-state index in [-0.39, 0.29) is 6.03 Å². The van der Waals surface area contributed by atoms with Crippen molar-refractivity contribution in [2.75, 3.05) is 38.0 Å². The van der Waals surface area contributed by atoms with Gasteiger partial charge in [0.1, 0.15) is 0 Å². The van der Waals surface area contributed by atoms with Crippen LogP contribution in [0.1, 0.15) is 11.4 Å². The number of carbonyl (C=O) groups excluding carboxylic acids is 1. The third-order valence-corrected chi connectivity index (χ3v) is 5.03. The van der Waals surface area contributed by atoms with Gasteiger partial charge in [-0.2, -0.15) is 0 Å². The Morgan fingerprint density at radius 1 is 1.04 bits per heavy atom. The summed E-state index contributed by atoms with van der Waals surface area (Å²) >= 11 is 5.96.